The number of nitriles is 1. The zero-order valence-electron chi connectivity index (χ0n) is 14.7. The van der Waals surface area contributed by atoms with Gasteiger partial charge in [-0.2, -0.15) is 5.26 Å². The van der Waals surface area contributed by atoms with Gasteiger partial charge < -0.3 is 5.11 Å². The number of rotatable bonds is 0. The summed E-state index contributed by atoms with van der Waals surface area (Å²) in [5.41, 5.74) is 2.20. The molecule has 4 rings (SSSR count). The van der Waals surface area contributed by atoms with Crippen LogP contribution in [0, 0.1) is 45.8 Å². The van der Waals surface area contributed by atoms with E-state index in [0.717, 1.165) is 42.9 Å². The number of allylic oxidation sites excluding steroid dienone is 2. The molecule has 4 aliphatic carbocycles. The van der Waals surface area contributed by atoms with Crippen LogP contribution in [0.4, 0.5) is 0 Å². The predicted molar refractivity (Wildman–Crippen MR) is 91.4 cm³/mol. The Kier molecular flexibility index (Phi) is 3.65. The van der Waals surface area contributed by atoms with Gasteiger partial charge in [0.2, 0.25) is 0 Å². The molecular weight excluding hydrogens is 282 g/mol. The van der Waals surface area contributed by atoms with Gasteiger partial charge >= 0.3 is 0 Å². The molecule has 23 heavy (non-hydrogen) atoms. The molecule has 0 bridgehead atoms. The Balaban J connectivity index is 1.63. The Hall–Kier alpha value is -0.810. The molecule has 4 fully saturated rings. The summed E-state index contributed by atoms with van der Waals surface area (Å²) in [5, 5.41) is 19.2. The van der Waals surface area contributed by atoms with Crippen LogP contribution in [0.1, 0.15) is 71.6 Å². The lowest BCUT2D eigenvalue weighted by molar-refractivity contribution is -0.116. The van der Waals surface area contributed by atoms with Crippen molar-refractivity contribution in [1.82, 2.24) is 0 Å². The summed E-state index contributed by atoms with van der Waals surface area (Å²) < 4.78 is 0. The Morgan fingerprint density at radius 2 is 1.91 bits per heavy atom. The van der Waals surface area contributed by atoms with E-state index in [0.29, 0.717) is 10.8 Å². The third kappa shape index (κ3) is 2.15. The van der Waals surface area contributed by atoms with Crippen molar-refractivity contribution in [3.63, 3.8) is 0 Å². The molecule has 0 spiro atoms. The minimum Gasteiger partial charge on any atom is -0.393 e. The second kappa shape index (κ2) is 5.35. The maximum Gasteiger partial charge on any atom is 0.0911 e. The van der Waals surface area contributed by atoms with E-state index >= 15 is 0 Å². The van der Waals surface area contributed by atoms with Gasteiger partial charge in [0.15, 0.2) is 0 Å². The summed E-state index contributed by atoms with van der Waals surface area (Å²) in [5.74, 6) is 3.25. The number of fused-ring (bicyclic) bond motifs is 5. The van der Waals surface area contributed by atoms with Crippen LogP contribution in [0.25, 0.3) is 0 Å². The van der Waals surface area contributed by atoms with E-state index in [-0.39, 0.29) is 6.10 Å². The van der Waals surface area contributed by atoms with E-state index in [1.54, 1.807) is 0 Å². The van der Waals surface area contributed by atoms with Gasteiger partial charge in [0.25, 0.3) is 0 Å². The standard InChI is InChI=1S/C21H31NO/c1-20-11-8-19-17(18(20)6-4-14(20)9-12-22)5-3-15-13-16(23)7-10-21(15,19)2/h9,15-19,23H,3-8,10-11,13H2,1-2H3. The van der Waals surface area contributed by atoms with Gasteiger partial charge in [-0.25, -0.2) is 0 Å². The quantitative estimate of drug-likeness (QED) is 0.650. The molecule has 126 valence electrons. The molecule has 0 aromatic rings. The van der Waals surface area contributed by atoms with Crippen molar-refractivity contribution in [2.24, 2.45) is 34.5 Å². The minimum atomic E-state index is -0.0462. The van der Waals surface area contributed by atoms with Gasteiger partial charge in [-0.3, -0.25) is 0 Å². The topological polar surface area (TPSA) is 44.0 Å². The zero-order valence-corrected chi connectivity index (χ0v) is 14.7. The summed E-state index contributed by atoms with van der Waals surface area (Å²) in [7, 11) is 0. The fourth-order valence-corrected chi connectivity index (χ4v) is 7.40. The summed E-state index contributed by atoms with van der Waals surface area (Å²) in [6.07, 6.45) is 12.8. The Bertz CT molecular complexity index is 561. The molecule has 0 saturated heterocycles. The summed E-state index contributed by atoms with van der Waals surface area (Å²) in [6.45, 7) is 4.99. The molecule has 2 nitrogen and oxygen atoms in total. The van der Waals surface area contributed by atoms with E-state index < -0.39 is 0 Å². The van der Waals surface area contributed by atoms with Crippen LogP contribution in [0.2, 0.25) is 0 Å². The molecule has 0 aromatic carbocycles. The molecule has 0 radical (unpaired) electrons. The zero-order chi connectivity index (χ0) is 16.2. The maximum absolute atomic E-state index is 10.1. The highest BCUT2D eigenvalue weighted by atomic mass is 16.3. The lowest BCUT2D eigenvalue weighted by atomic mass is 9.45. The predicted octanol–water partition coefficient (Wildman–Crippen LogP) is 4.84. The van der Waals surface area contributed by atoms with Crippen LogP contribution < -0.4 is 0 Å². The SMILES string of the molecule is CC12CCC3C(CCC4CC(O)CCC43C)C1CCC2=CC#N. The first-order chi connectivity index (χ1) is 11.0. The van der Waals surface area contributed by atoms with E-state index in [2.05, 4.69) is 19.9 Å². The largest absolute Gasteiger partial charge is 0.393 e. The van der Waals surface area contributed by atoms with Crippen LogP contribution in [0.5, 0.6) is 0 Å². The smallest absolute Gasteiger partial charge is 0.0911 e. The molecule has 4 saturated carbocycles. The third-order valence-corrected chi connectivity index (χ3v) is 8.72. The minimum absolute atomic E-state index is 0.0462. The second-order valence-corrected chi connectivity index (χ2v) is 9.38. The highest BCUT2D eigenvalue weighted by molar-refractivity contribution is 5.28. The first kappa shape index (κ1) is 15.7. The second-order valence-electron chi connectivity index (χ2n) is 9.38. The van der Waals surface area contributed by atoms with Crippen molar-refractivity contribution in [2.45, 2.75) is 77.7 Å². The van der Waals surface area contributed by atoms with Crippen LogP contribution >= 0.6 is 0 Å². The molecule has 2 heteroatoms. The first-order valence-electron chi connectivity index (χ1n) is 9.76. The Morgan fingerprint density at radius 1 is 1.09 bits per heavy atom. The first-order valence-corrected chi connectivity index (χ1v) is 9.76. The average molecular weight is 313 g/mol. The Morgan fingerprint density at radius 3 is 2.70 bits per heavy atom. The van der Waals surface area contributed by atoms with Crippen LogP contribution in [-0.2, 0) is 0 Å². The van der Waals surface area contributed by atoms with Crippen molar-refractivity contribution in [2.75, 3.05) is 0 Å². The van der Waals surface area contributed by atoms with E-state index in [4.69, 9.17) is 5.26 Å². The molecule has 7 unspecified atom stereocenters. The number of hydrogen-bond acceptors (Lipinski definition) is 2. The number of aliphatic hydroxyl groups is 1. The number of hydrogen-bond donors (Lipinski definition) is 1. The average Bonchev–Trinajstić information content (AvgIpc) is 2.85. The van der Waals surface area contributed by atoms with Gasteiger partial charge in [-0.1, -0.05) is 19.4 Å². The highest BCUT2D eigenvalue weighted by Crippen LogP contribution is 2.67. The number of aliphatic hydroxyl groups excluding tert-OH is 1. The van der Waals surface area contributed by atoms with Gasteiger partial charge in [0.05, 0.1) is 12.2 Å². The van der Waals surface area contributed by atoms with E-state index in [1.807, 2.05) is 6.08 Å². The van der Waals surface area contributed by atoms with E-state index in [1.165, 1.54) is 44.1 Å². The van der Waals surface area contributed by atoms with Crippen molar-refractivity contribution >= 4 is 0 Å². The van der Waals surface area contributed by atoms with E-state index in [9.17, 15) is 5.11 Å². The van der Waals surface area contributed by atoms with Crippen LogP contribution in [0.3, 0.4) is 0 Å². The Labute approximate surface area is 141 Å². The lowest BCUT2D eigenvalue weighted by Gasteiger charge is -2.60. The van der Waals surface area contributed by atoms with Gasteiger partial charge in [-0.05, 0) is 92.3 Å². The van der Waals surface area contributed by atoms with Gasteiger partial charge in [-0.15, -0.1) is 0 Å². The van der Waals surface area contributed by atoms with Crippen molar-refractivity contribution in [1.29, 1.82) is 5.26 Å². The third-order valence-electron chi connectivity index (χ3n) is 8.72. The molecular formula is C21H31NO. The molecule has 7 atom stereocenters. The summed E-state index contributed by atoms with van der Waals surface area (Å²) in [6, 6.07) is 2.31. The molecule has 0 aromatic heterocycles. The summed E-state index contributed by atoms with van der Waals surface area (Å²) in [4.78, 5) is 0. The van der Waals surface area contributed by atoms with Crippen molar-refractivity contribution in [3.8, 4) is 6.07 Å². The fourth-order valence-electron chi connectivity index (χ4n) is 7.40. The van der Waals surface area contributed by atoms with Gasteiger partial charge in [0, 0.05) is 6.08 Å². The van der Waals surface area contributed by atoms with Crippen LogP contribution in [0.15, 0.2) is 11.6 Å². The maximum atomic E-state index is 10.1. The molecule has 0 aliphatic heterocycles. The monoisotopic (exact) mass is 313 g/mol. The molecule has 1 N–H and O–H groups in total. The normalized spacial score (nSPS) is 54.0. The van der Waals surface area contributed by atoms with Crippen LogP contribution in [-0.4, -0.2) is 11.2 Å². The lowest BCUT2D eigenvalue weighted by Crippen LogP contribution is -2.53. The fraction of sp³-hybridized carbons (Fsp3) is 0.857. The molecule has 4 aliphatic rings. The number of nitrogens with zero attached hydrogens (tertiary/aromatic N) is 1. The molecule has 0 heterocycles. The van der Waals surface area contributed by atoms with Crippen molar-refractivity contribution in [3.05, 3.63) is 11.6 Å². The van der Waals surface area contributed by atoms with Crippen molar-refractivity contribution < 1.29 is 5.11 Å². The van der Waals surface area contributed by atoms with Gasteiger partial charge in [0.1, 0.15) is 0 Å². The molecule has 0 amide bonds. The summed E-state index contributed by atoms with van der Waals surface area (Å²) >= 11 is 0. The highest BCUT2D eigenvalue weighted by Gasteiger charge is 2.58.